The summed E-state index contributed by atoms with van der Waals surface area (Å²) in [5, 5.41) is 11.3. The zero-order valence-corrected chi connectivity index (χ0v) is 20.7. The lowest BCUT2D eigenvalue weighted by atomic mass is 9.94. The molecule has 1 heterocycles. The normalized spacial score (nSPS) is 16.9. The van der Waals surface area contributed by atoms with E-state index in [1.54, 1.807) is 42.5 Å². The van der Waals surface area contributed by atoms with Crippen molar-refractivity contribution in [3.05, 3.63) is 99.9 Å². The van der Waals surface area contributed by atoms with E-state index in [0.717, 1.165) is 16.7 Å². The van der Waals surface area contributed by atoms with Gasteiger partial charge in [-0.25, -0.2) is 4.39 Å². The number of aryl methyl sites for hydroxylation is 2. The number of nitrogens with zero attached hydrogens (tertiary/aromatic N) is 1. The van der Waals surface area contributed by atoms with Crippen LogP contribution in [0.3, 0.4) is 0 Å². The van der Waals surface area contributed by atoms with Crippen molar-refractivity contribution in [1.82, 2.24) is 4.90 Å². The summed E-state index contributed by atoms with van der Waals surface area (Å²) < 4.78 is 24.1. The first-order chi connectivity index (χ1) is 17.2. The van der Waals surface area contributed by atoms with Crippen molar-refractivity contribution in [3.8, 4) is 11.5 Å². The summed E-state index contributed by atoms with van der Waals surface area (Å²) in [6.45, 7) is 4.06. The SMILES string of the molecule is COc1ccc(C2/C(=C(/O)c3ccc(C)c(C)c3)C(=O)C(=O)N2CCc2ccc(F)cc2)cc1OC. The molecule has 0 spiro atoms. The number of ether oxygens (including phenoxy) is 2. The van der Waals surface area contributed by atoms with Crippen LogP contribution in [0.25, 0.3) is 5.76 Å². The quantitative estimate of drug-likeness (QED) is 0.283. The molecule has 6 nitrogen and oxygen atoms in total. The molecule has 0 aliphatic carbocycles. The highest BCUT2D eigenvalue weighted by molar-refractivity contribution is 6.46. The molecular formula is C29H28FNO5. The van der Waals surface area contributed by atoms with Crippen LogP contribution in [0, 0.1) is 19.7 Å². The molecule has 1 atom stereocenters. The summed E-state index contributed by atoms with van der Waals surface area (Å²) in [4.78, 5) is 28.0. The number of aliphatic hydroxyl groups is 1. The van der Waals surface area contributed by atoms with Gasteiger partial charge >= 0.3 is 0 Å². The Balaban J connectivity index is 1.83. The van der Waals surface area contributed by atoms with Gasteiger partial charge in [-0.15, -0.1) is 0 Å². The first-order valence-corrected chi connectivity index (χ1v) is 11.6. The minimum atomic E-state index is -0.841. The van der Waals surface area contributed by atoms with Crippen molar-refractivity contribution in [2.45, 2.75) is 26.3 Å². The van der Waals surface area contributed by atoms with E-state index < -0.39 is 17.7 Å². The van der Waals surface area contributed by atoms with Gasteiger partial charge in [-0.1, -0.05) is 30.3 Å². The number of amides is 1. The maximum absolute atomic E-state index is 13.3. The summed E-state index contributed by atoms with van der Waals surface area (Å²) in [5.41, 5.74) is 3.87. The Bertz CT molecular complexity index is 1350. The van der Waals surface area contributed by atoms with Gasteiger partial charge in [-0.3, -0.25) is 9.59 Å². The van der Waals surface area contributed by atoms with Crippen molar-refractivity contribution in [2.75, 3.05) is 20.8 Å². The Morgan fingerprint density at radius 1 is 0.917 bits per heavy atom. The smallest absolute Gasteiger partial charge is 0.295 e. The second-order valence-corrected chi connectivity index (χ2v) is 8.78. The number of likely N-dealkylation sites (tertiary alicyclic amines) is 1. The number of benzene rings is 3. The Kier molecular flexibility index (Phi) is 7.10. The third-order valence-corrected chi connectivity index (χ3v) is 6.60. The van der Waals surface area contributed by atoms with E-state index in [1.165, 1.54) is 31.3 Å². The van der Waals surface area contributed by atoms with Crippen molar-refractivity contribution < 1.29 is 28.6 Å². The fourth-order valence-corrected chi connectivity index (χ4v) is 4.42. The zero-order valence-electron chi connectivity index (χ0n) is 20.7. The molecule has 3 aromatic rings. The molecule has 186 valence electrons. The number of halogens is 1. The number of hydrogen-bond acceptors (Lipinski definition) is 5. The van der Waals surface area contributed by atoms with E-state index in [2.05, 4.69) is 0 Å². The minimum Gasteiger partial charge on any atom is -0.507 e. The molecule has 7 heteroatoms. The van der Waals surface area contributed by atoms with Crippen LogP contribution >= 0.6 is 0 Å². The summed E-state index contributed by atoms with van der Waals surface area (Å²) in [6, 6.07) is 15.7. The van der Waals surface area contributed by atoms with Crippen molar-refractivity contribution in [2.24, 2.45) is 0 Å². The number of carbonyl (C=O) groups is 2. The molecule has 0 bridgehead atoms. The van der Waals surface area contributed by atoms with Gasteiger partial charge in [0.15, 0.2) is 11.5 Å². The number of hydrogen-bond donors (Lipinski definition) is 1. The summed E-state index contributed by atoms with van der Waals surface area (Å²) >= 11 is 0. The predicted octanol–water partition coefficient (Wildman–Crippen LogP) is 5.12. The standard InChI is InChI=1S/C29H28FNO5/c1-17-5-8-21(15-18(17)2)27(32)25-26(20-9-12-23(35-3)24(16-20)36-4)31(29(34)28(25)33)14-13-19-6-10-22(30)11-7-19/h5-12,15-16,26,32H,13-14H2,1-4H3/b27-25-. The van der Waals surface area contributed by atoms with Crippen LogP contribution in [-0.2, 0) is 16.0 Å². The van der Waals surface area contributed by atoms with E-state index >= 15 is 0 Å². The number of methoxy groups -OCH3 is 2. The molecule has 1 fully saturated rings. The number of carbonyl (C=O) groups excluding carboxylic acids is 2. The topological polar surface area (TPSA) is 76.1 Å². The van der Waals surface area contributed by atoms with Crippen molar-refractivity contribution >= 4 is 17.4 Å². The lowest BCUT2D eigenvalue weighted by Gasteiger charge is -2.26. The average molecular weight is 490 g/mol. The molecule has 1 N–H and O–H groups in total. The first kappa shape index (κ1) is 25.0. The Morgan fingerprint density at radius 3 is 2.25 bits per heavy atom. The number of Topliss-reactive ketones (excluding diaryl/α,β-unsaturated/α-hetero) is 1. The molecule has 1 amide bonds. The molecule has 3 aromatic carbocycles. The Morgan fingerprint density at radius 2 is 1.61 bits per heavy atom. The van der Waals surface area contributed by atoms with E-state index in [0.29, 0.717) is 29.0 Å². The Labute approximate surface area is 209 Å². The molecule has 0 aromatic heterocycles. The van der Waals surface area contributed by atoms with Crippen LogP contribution in [-0.4, -0.2) is 42.5 Å². The lowest BCUT2D eigenvalue weighted by molar-refractivity contribution is -0.139. The maximum atomic E-state index is 13.3. The van der Waals surface area contributed by atoms with Gasteiger partial charge in [0.05, 0.1) is 25.8 Å². The van der Waals surface area contributed by atoms with Gasteiger partial charge in [0.1, 0.15) is 11.6 Å². The molecular weight excluding hydrogens is 461 g/mol. The highest BCUT2D eigenvalue weighted by atomic mass is 19.1. The highest BCUT2D eigenvalue weighted by Crippen LogP contribution is 2.42. The summed E-state index contributed by atoms with van der Waals surface area (Å²) in [5.74, 6) is -1.12. The van der Waals surface area contributed by atoms with Crippen molar-refractivity contribution in [3.63, 3.8) is 0 Å². The zero-order chi connectivity index (χ0) is 26.0. The van der Waals surface area contributed by atoms with Gasteiger partial charge in [0, 0.05) is 12.1 Å². The van der Waals surface area contributed by atoms with Gasteiger partial charge in [-0.05, 0) is 72.9 Å². The largest absolute Gasteiger partial charge is 0.507 e. The molecule has 1 aliphatic heterocycles. The molecule has 1 unspecified atom stereocenters. The molecule has 1 saturated heterocycles. The van der Waals surface area contributed by atoms with Crippen molar-refractivity contribution in [1.29, 1.82) is 0 Å². The van der Waals surface area contributed by atoms with Crippen LogP contribution in [0.4, 0.5) is 4.39 Å². The molecule has 4 rings (SSSR count). The van der Waals surface area contributed by atoms with E-state index in [9.17, 15) is 19.1 Å². The minimum absolute atomic E-state index is 0.00887. The van der Waals surface area contributed by atoms with E-state index in [-0.39, 0.29) is 23.7 Å². The van der Waals surface area contributed by atoms with Gasteiger partial charge < -0.3 is 19.5 Å². The first-order valence-electron chi connectivity index (χ1n) is 11.6. The van der Waals surface area contributed by atoms with Crippen LogP contribution in [0.2, 0.25) is 0 Å². The van der Waals surface area contributed by atoms with Crippen LogP contribution in [0.5, 0.6) is 11.5 Å². The highest BCUT2D eigenvalue weighted by Gasteiger charge is 2.46. The maximum Gasteiger partial charge on any atom is 0.295 e. The third kappa shape index (κ3) is 4.69. The fourth-order valence-electron chi connectivity index (χ4n) is 4.42. The number of rotatable bonds is 7. The Hall–Kier alpha value is -4.13. The fraction of sp³-hybridized carbons (Fsp3) is 0.241. The van der Waals surface area contributed by atoms with Gasteiger partial charge in [0.25, 0.3) is 11.7 Å². The lowest BCUT2D eigenvalue weighted by Crippen LogP contribution is -2.31. The molecule has 0 saturated carbocycles. The third-order valence-electron chi connectivity index (χ3n) is 6.60. The average Bonchev–Trinajstić information content (AvgIpc) is 3.14. The van der Waals surface area contributed by atoms with E-state index in [4.69, 9.17) is 9.47 Å². The second-order valence-electron chi connectivity index (χ2n) is 8.78. The summed E-state index contributed by atoms with van der Waals surface area (Å²) in [6.07, 6.45) is 0.404. The van der Waals surface area contributed by atoms with Gasteiger partial charge in [0.2, 0.25) is 0 Å². The van der Waals surface area contributed by atoms with Crippen LogP contribution in [0.1, 0.15) is 33.9 Å². The van der Waals surface area contributed by atoms with Crippen LogP contribution in [0.15, 0.2) is 66.2 Å². The monoisotopic (exact) mass is 489 g/mol. The second kappa shape index (κ2) is 10.2. The van der Waals surface area contributed by atoms with Gasteiger partial charge in [-0.2, -0.15) is 0 Å². The van der Waals surface area contributed by atoms with E-state index in [1.807, 2.05) is 19.9 Å². The number of ketones is 1. The molecule has 0 radical (unpaired) electrons. The van der Waals surface area contributed by atoms with Crippen LogP contribution < -0.4 is 9.47 Å². The molecule has 1 aliphatic rings. The predicted molar refractivity (Wildman–Crippen MR) is 135 cm³/mol. The number of aliphatic hydroxyl groups excluding tert-OH is 1. The molecule has 36 heavy (non-hydrogen) atoms. The summed E-state index contributed by atoms with van der Waals surface area (Å²) in [7, 11) is 3.02.